The maximum absolute atomic E-state index is 12.2. The van der Waals surface area contributed by atoms with Crippen molar-refractivity contribution in [2.75, 3.05) is 13.6 Å². The van der Waals surface area contributed by atoms with Gasteiger partial charge < -0.3 is 4.90 Å². The Balaban J connectivity index is 2.28. The molecule has 0 fully saturated rings. The summed E-state index contributed by atoms with van der Waals surface area (Å²) in [5, 5.41) is 0. The molecule has 1 aromatic heterocycles. The topological polar surface area (TPSA) is 3.24 Å². The molecule has 1 aromatic rings. The molecular formula is C8H10FNS2. The van der Waals surface area contributed by atoms with Crippen molar-refractivity contribution in [2.45, 2.75) is 17.2 Å². The molecule has 12 heavy (non-hydrogen) atoms. The van der Waals surface area contributed by atoms with Crippen LogP contribution in [0.2, 0.25) is 0 Å². The van der Waals surface area contributed by atoms with Gasteiger partial charge >= 0.3 is 0 Å². The second-order valence-electron chi connectivity index (χ2n) is 3.08. The van der Waals surface area contributed by atoms with Crippen LogP contribution in [0.5, 0.6) is 0 Å². The zero-order valence-corrected chi connectivity index (χ0v) is 8.47. The van der Waals surface area contributed by atoms with Gasteiger partial charge in [-0.15, -0.1) is 11.3 Å². The largest absolute Gasteiger partial charge is 0.302 e. The molecule has 2 heterocycles. The summed E-state index contributed by atoms with van der Waals surface area (Å²) in [4.78, 5) is 3.63. The summed E-state index contributed by atoms with van der Waals surface area (Å²) in [7, 11) is 2.10. The highest BCUT2D eigenvalue weighted by Crippen LogP contribution is 2.34. The lowest BCUT2D eigenvalue weighted by atomic mass is 10.1. The van der Waals surface area contributed by atoms with E-state index < -0.39 is 0 Å². The van der Waals surface area contributed by atoms with Crippen molar-refractivity contribution >= 4 is 23.5 Å². The van der Waals surface area contributed by atoms with Crippen LogP contribution in [0.3, 0.4) is 0 Å². The Kier molecular flexibility index (Phi) is 2.39. The Morgan fingerprint density at radius 2 is 2.50 bits per heavy atom. The number of hydrogen-bond donors (Lipinski definition) is 0. The molecule has 0 spiro atoms. The highest BCUT2D eigenvalue weighted by molar-refractivity contribution is 7.96. The maximum Gasteiger partial charge on any atom is 0.0936 e. The molecule has 0 amide bonds. The van der Waals surface area contributed by atoms with Crippen LogP contribution >= 0.6 is 23.5 Å². The van der Waals surface area contributed by atoms with Gasteiger partial charge in [0.15, 0.2) is 0 Å². The Morgan fingerprint density at radius 1 is 1.67 bits per heavy atom. The highest BCUT2D eigenvalue weighted by Gasteiger charge is 2.16. The number of hydrogen-bond acceptors (Lipinski definition) is 3. The van der Waals surface area contributed by atoms with Gasteiger partial charge in [-0.25, -0.2) is 0 Å². The van der Waals surface area contributed by atoms with E-state index >= 15 is 0 Å². The lowest BCUT2D eigenvalue weighted by Crippen LogP contribution is -2.25. The molecule has 0 saturated heterocycles. The first-order valence-electron chi connectivity index (χ1n) is 3.88. The van der Waals surface area contributed by atoms with Crippen LogP contribution in [0.4, 0.5) is 3.89 Å². The second kappa shape index (κ2) is 3.36. The molecule has 1 aliphatic heterocycles. The van der Waals surface area contributed by atoms with Crippen molar-refractivity contribution in [3.8, 4) is 0 Å². The van der Waals surface area contributed by atoms with Crippen molar-refractivity contribution in [3.63, 3.8) is 0 Å². The molecule has 0 aromatic carbocycles. The van der Waals surface area contributed by atoms with E-state index in [-0.39, 0.29) is 0 Å². The SMILES string of the molecule is CN1CCc2sc(SF)cc2C1. The van der Waals surface area contributed by atoms with Gasteiger partial charge in [0.05, 0.1) is 16.4 Å². The van der Waals surface area contributed by atoms with Crippen LogP contribution < -0.4 is 0 Å². The van der Waals surface area contributed by atoms with Gasteiger partial charge in [-0.2, -0.15) is 3.89 Å². The van der Waals surface area contributed by atoms with Crippen LogP contribution in [0, 0.1) is 0 Å². The summed E-state index contributed by atoms with van der Waals surface area (Å²) in [6.45, 7) is 2.08. The van der Waals surface area contributed by atoms with Gasteiger partial charge in [0.25, 0.3) is 0 Å². The van der Waals surface area contributed by atoms with Gasteiger partial charge in [0, 0.05) is 18.0 Å². The molecule has 0 N–H and O–H groups in total. The fourth-order valence-electron chi connectivity index (χ4n) is 1.48. The maximum atomic E-state index is 12.2. The average Bonchev–Trinajstić information content (AvgIpc) is 2.46. The van der Waals surface area contributed by atoms with Crippen LogP contribution in [0.25, 0.3) is 0 Å². The fourth-order valence-corrected chi connectivity index (χ4v) is 2.99. The molecule has 0 unspecified atom stereocenters. The first-order valence-corrected chi connectivity index (χ1v) is 5.41. The van der Waals surface area contributed by atoms with Crippen LogP contribution in [-0.4, -0.2) is 18.5 Å². The lowest BCUT2D eigenvalue weighted by molar-refractivity contribution is 0.315. The molecular weight excluding hydrogens is 193 g/mol. The Bertz CT molecular complexity index is 285. The Labute approximate surface area is 79.9 Å². The van der Waals surface area contributed by atoms with Crippen molar-refractivity contribution in [2.24, 2.45) is 0 Å². The second-order valence-corrected chi connectivity index (χ2v) is 5.07. The predicted molar refractivity (Wildman–Crippen MR) is 51.3 cm³/mol. The normalized spacial score (nSPS) is 17.8. The van der Waals surface area contributed by atoms with Crippen molar-refractivity contribution in [1.29, 1.82) is 0 Å². The summed E-state index contributed by atoms with van der Waals surface area (Å²) in [5.74, 6) is 0. The zero-order chi connectivity index (χ0) is 8.55. The summed E-state index contributed by atoms with van der Waals surface area (Å²) in [5.41, 5.74) is 1.31. The first-order chi connectivity index (χ1) is 5.79. The average molecular weight is 203 g/mol. The predicted octanol–water partition coefficient (Wildman–Crippen LogP) is 2.71. The third-order valence-corrected chi connectivity index (χ3v) is 3.85. The molecule has 1 aliphatic rings. The quantitative estimate of drug-likeness (QED) is 0.690. The first kappa shape index (κ1) is 8.53. The minimum Gasteiger partial charge on any atom is -0.302 e. The van der Waals surface area contributed by atoms with E-state index in [1.807, 2.05) is 6.07 Å². The number of halogens is 1. The molecule has 0 atom stereocenters. The van der Waals surface area contributed by atoms with Gasteiger partial charge in [-0.3, -0.25) is 0 Å². The summed E-state index contributed by atoms with van der Waals surface area (Å²) in [6.07, 6.45) is 1.08. The van der Waals surface area contributed by atoms with Crippen LogP contribution in [0.15, 0.2) is 10.3 Å². The van der Waals surface area contributed by atoms with Crippen molar-refractivity contribution in [1.82, 2.24) is 4.90 Å². The highest BCUT2D eigenvalue weighted by atomic mass is 32.2. The number of nitrogens with zero attached hydrogens (tertiary/aromatic N) is 1. The van der Waals surface area contributed by atoms with E-state index in [2.05, 4.69) is 11.9 Å². The molecule has 2 rings (SSSR count). The molecule has 0 aliphatic carbocycles. The standard InChI is InChI=1S/C8H10FNS2/c1-10-3-2-7-6(5-10)4-8(11-7)12-9/h4H,2-3,5H2,1H3. The van der Waals surface area contributed by atoms with Crippen LogP contribution in [-0.2, 0) is 13.0 Å². The third kappa shape index (κ3) is 1.51. The molecule has 4 heteroatoms. The summed E-state index contributed by atoms with van der Waals surface area (Å²) in [6, 6.07) is 1.97. The minimum atomic E-state index is 0.364. The van der Waals surface area contributed by atoms with Gasteiger partial charge in [-0.05, 0) is 25.1 Å². The molecule has 0 radical (unpaired) electrons. The number of rotatable bonds is 1. The van der Waals surface area contributed by atoms with Crippen LogP contribution in [0.1, 0.15) is 10.4 Å². The van der Waals surface area contributed by atoms with E-state index in [4.69, 9.17) is 0 Å². The van der Waals surface area contributed by atoms with Crippen molar-refractivity contribution < 1.29 is 3.89 Å². The van der Waals surface area contributed by atoms with E-state index in [1.165, 1.54) is 10.4 Å². The van der Waals surface area contributed by atoms with Crippen molar-refractivity contribution in [3.05, 3.63) is 16.5 Å². The molecule has 0 bridgehead atoms. The Morgan fingerprint density at radius 3 is 3.25 bits per heavy atom. The summed E-state index contributed by atoms with van der Waals surface area (Å²) >= 11 is 1.96. The smallest absolute Gasteiger partial charge is 0.0936 e. The number of thiophene rings is 1. The lowest BCUT2D eigenvalue weighted by Gasteiger charge is -2.21. The van der Waals surface area contributed by atoms with Gasteiger partial charge in [0.2, 0.25) is 0 Å². The minimum absolute atomic E-state index is 0.364. The Hall–Kier alpha value is -0.0600. The van der Waals surface area contributed by atoms with E-state index in [0.29, 0.717) is 12.1 Å². The monoisotopic (exact) mass is 203 g/mol. The van der Waals surface area contributed by atoms with E-state index in [9.17, 15) is 3.89 Å². The number of likely N-dealkylation sites (N-methyl/N-ethyl adjacent to an activating group) is 1. The summed E-state index contributed by atoms with van der Waals surface area (Å²) < 4.78 is 13.0. The van der Waals surface area contributed by atoms with E-state index in [0.717, 1.165) is 23.7 Å². The van der Waals surface area contributed by atoms with Gasteiger partial charge in [-0.1, -0.05) is 0 Å². The molecule has 66 valence electrons. The zero-order valence-electron chi connectivity index (χ0n) is 6.84. The number of fused-ring (bicyclic) bond motifs is 1. The van der Waals surface area contributed by atoms with Gasteiger partial charge in [0.1, 0.15) is 0 Å². The third-order valence-electron chi connectivity index (χ3n) is 2.11. The molecule has 1 nitrogen and oxygen atoms in total. The molecule has 0 saturated carbocycles. The fraction of sp³-hybridized carbons (Fsp3) is 0.500. The van der Waals surface area contributed by atoms with E-state index in [1.54, 1.807) is 11.3 Å².